The molecule has 0 unspecified atom stereocenters. The van der Waals surface area contributed by atoms with Gasteiger partial charge in [0.05, 0.1) is 11.5 Å². The highest BCUT2D eigenvalue weighted by molar-refractivity contribution is 7.89. The fourth-order valence-electron chi connectivity index (χ4n) is 3.76. The third kappa shape index (κ3) is 6.43. The standard InChI is InChI=1S/C26H30N2O4S/c1-5-32-22-11-13-23(14-12-22)33(30,31)28-24(17-21-9-7-6-8-10-21)26(29)27-25-19(3)15-18(2)16-20(25)4/h6-16,24,28H,5,17H2,1-4H3,(H,27,29)/t24-/m1/s1. The molecule has 0 aliphatic rings. The fourth-order valence-corrected chi connectivity index (χ4v) is 4.96. The molecule has 174 valence electrons. The van der Waals surface area contributed by atoms with Crippen LogP contribution >= 0.6 is 0 Å². The summed E-state index contributed by atoms with van der Waals surface area (Å²) in [5, 5.41) is 2.94. The van der Waals surface area contributed by atoms with E-state index in [4.69, 9.17) is 4.74 Å². The van der Waals surface area contributed by atoms with Crippen molar-refractivity contribution >= 4 is 21.6 Å². The third-order valence-electron chi connectivity index (χ3n) is 5.27. The van der Waals surface area contributed by atoms with Crippen molar-refractivity contribution in [2.24, 2.45) is 0 Å². The van der Waals surface area contributed by atoms with Gasteiger partial charge in [-0.1, -0.05) is 48.0 Å². The van der Waals surface area contributed by atoms with Crippen LogP contribution in [-0.2, 0) is 21.2 Å². The zero-order valence-electron chi connectivity index (χ0n) is 19.4. The number of sulfonamides is 1. The molecule has 1 amide bonds. The molecular formula is C26H30N2O4S. The number of hydrogen-bond donors (Lipinski definition) is 2. The van der Waals surface area contributed by atoms with Crippen molar-refractivity contribution in [3.8, 4) is 5.75 Å². The first-order valence-electron chi connectivity index (χ1n) is 10.9. The number of amides is 1. The number of aryl methyl sites for hydroxylation is 3. The van der Waals surface area contributed by atoms with Gasteiger partial charge in [-0.25, -0.2) is 8.42 Å². The highest BCUT2D eigenvalue weighted by Gasteiger charge is 2.27. The molecule has 0 aromatic heterocycles. The van der Waals surface area contributed by atoms with Gasteiger partial charge in [0.25, 0.3) is 0 Å². The Kier molecular flexibility index (Phi) is 7.89. The summed E-state index contributed by atoms with van der Waals surface area (Å²) in [6, 6.07) is 18.5. The molecule has 3 aromatic rings. The Bertz CT molecular complexity index is 1180. The van der Waals surface area contributed by atoms with E-state index in [2.05, 4.69) is 10.0 Å². The van der Waals surface area contributed by atoms with Crippen LogP contribution in [0, 0.1) is 20.8 Å². The molecule has 33 heavy (non-hydrogen) atoms. The smallest absolute Gasteiger partial charge is 0.242 e. The van der Waals surface area contributed by atoms with Gasteiger partial charge >= 0.3 is 0 Å². The van der Waals surface area contributed by atoms with Crippen LogP contribution in [0.4, 0.5) is 5.69 Å². The minimum Gasteiger partial charge on any atom is -0.494 e. The van der Waals surface area contributed by atoms with Crippen molar-refractivity contribution in [1.29, 1.82) is 0 Å². The fraction of sp³-hybridized carbons (Fsp3) is 0.269. The van der Waals surface area contributed by atoms with Crippen LogP contribution < -0.4 is 14.8 Å². The molecule has 1 atom stereocenters. The predicted molar refractivity (Wildman–Crippen MR) is 131 cm³/mol. The lowest BCUT2D eigenvalue weighted by Crippen LogP contribution is -2.45. The molecule has 3 aromatic carbocycles. The average molecular weight is 467 g/mol. The lowest BCUT2D eigenvalue weighted by molar-refractivity contribution is -0.117. The average Bonchev–Trinajstić information content (AvgIpc) is 2.77. The Morgan fingerprint density at radius 3 is 2.12 bits per heavy atom. The molecule has 0 radical (unpaired) electrons. The molecule has 2 N–H and O–H groups in total. The SMILES string of the molecule is CCOc1ccc(S(=O)(=O)N[C@H](Cc2ccccc2)C(=O)Nc2c(C)cc(C)cc2C)cc1. The molecular weight excluding hydrogens is 436 g/mol. The van der Waals surface area contributed by atoms with Crippen molar-refractivity contribution in [1.82, 2.24) is 4.72 Å². The maximum absolute atomic E-state index is 13.3. The molecule has 7 heteroatoms. The van der Waals surface area contributed by atoms with Crippen LogP contribution in [-0.4, -0.2) is 27.0 Å². The van der Waals surface area contributed by atoms with Crippen LogP contribution in [0.3, 0.4) is 0 Å². The molecule has 0 fully saturated rings. The number of ether oxygens (including phenoxy) is 1. The Balaban J connectivity index is 1.88. The van der Waals surface area contributed by atoms with Gasteiger partial charge < -0.3 is 10.1 Å². The summed E-state index contributed by atoms with van der Waals surface area (Å²) in [7, 11) is -3.94. The van der Waals surface area contributed by atoms with E-state index in [1.54, 1.807) is 12.1 Å². The molecule has 0 spiro atoms. The highest BCUT2D eigenvalue weighted by Crippen LogP contribution is 2.23. The number of rotatable bonds is 9. The summed E-state index contributed by atoms with van der Waals surface area (Å²) in [5.41, 5.74) is 4.50. The minimum atomic E-state index is -3.94. The Labute approximate surface area is 196 Å². The largest absolute Gasteiger partial charge is 0.494 e. The number of carbonyl (C=O) groups is 1. The minimum absolute atomic E-state index is 0.0690. The second-order valence-corrected chi connectivity index (χ2v) is 9.74. The van der Waals surface area contributed by atoms with E-state index < -0.39 is 22.0 Å². The van der Waals surface area contributed by atoms with E-state index in [9.17, 15) is 13.2 Å². The van der Waals surface area contributed by atoms with Crippen molar-refractivity contribution < 1.29 is 17.9 Å². The van der Waals surface area contributed by atoms with E-state index in [-0.39, 0.29) is 11.3 Å². The van der Waals surface area contributed by atoms with Crippen molar-refractivity contribution in [3.05, 3.63) is 89.0 Å². The van der Waals surface area contributed by atoms with Crippen molar-refractivity contribution in [2.75, 3.05) is 11.9 Å². The second kappa shape index (κ2) is 10.6. The van der Waals surface area contributed by atoms with Gasteiger partial charge in [0.1, 0.15) is 11.8 Å². The number of hydrogen-bond acceptors (Lipinski definition) is 4. The summed E-state index contributed by atoms with van der Waals surface area (Å²) < 4.78 is 34.2. The van der Waals surface area contributed by atoms with Gasteiger partial charge in [-0.2, -0.15) is 4.72 Å². The maximum Gasteiger partial charge on any atom is 0.242 e. The third-order valence-corrected chi connectivity index (χ3v) is 6.75. The van der Waals surface area contributed by atoms with Gasteiger partial charge in [-0.15, -0.1) is 0 Å². The van der Waals surface area contributed by atoms with Gasteiger partial charge in [0, 0.05) is 5.69 Å². The molecule has 3 rings (SSSR count). The number of benzene rings is 3. The van der Waals surface area contributed by atoms with Crippen LogP contribution in [0.25, 0.3) is 0 Å². The summed E-state index contributed by atoms with van der Waals surface area (Å²) in [4.78, 5) is 13.4. The van der Waals surface area contributed by atoms with E-state index >= 15 is 0 Å². The molecule has 6 nitrogen and oxygen atoms in total. The summed E-state index contributed by atoms with van der Waals surface area (Å²) in [5.74, 6) is 0.170. The van der Waals surface area contributed by atoms with Gasteiger partial charge in [0.15, 0.2) is 0 Å². The van der Waals surface area contributed by atoms with E-state index in [0.717, 1.165) is 22.3 Å². The quantitative estimate of drug-likeness (QED) is 0.485. The van der Waals surface area contributed by atoms with Gasteiger partial charge in [0.2, 0.25) is 15.9 Å². The normalized spacial score (nSPS) is 12.2. The van der Waals surface area contributed by atoms with Gasteiger partial charge in [-0.3, -0.25) is 4.79 Å². The summed E-state index contributed by atoms with van der Waals surface area (Å²) >= 11 is 0. The first-order chi connectivity index (χ1) is 15.7. The molecule has 0 bridgehead atoms. The second-order valence-electron chi connectivity index (χ2n) is 8.03. The molecule has 0 aliphatic carbocycles. The Morgan fingerprint density at radius 2 is 1.55 bits per heavy atom. The zero-order valence-corrected chi connectivity index (χ0v) is 20.2. The lowest BCUT2D eigenvalue weighted by atomic mass is 10.0. The first kappa shape index (κ1) is 24.5. The first-order valence-corrected chi connectivity index (χ1v) is 12.4. The highest BCUT2D eigenvalue weighted by atomic mass is 32.2. The van der Waals surface area contributed by atoms with E-state index in [0.29, 0.717) is 18.0 Å². The van der Waals surface area contributed by atoms with Crippen LogP contribution in [0.5, 0.6) is 5.75 Å². The summed E-state index contributed by atoms with van der Waals surface area (Å²) in [6.07, 6.45) is 0.215. The van der Waals surface area contributed by atoms with Crippen LogP contribution in [0.15, 0.2) is 71.6 Å². The van der Waals surface area contributed by atoms with Crippen LogP contribution in [0.2, 0.25) is 0 Å². The molecule has 0 saturated carbocycles. The predicted octanol–water partition coefficient (Wildman–Crippen LogP) is 4.54. The number of anilines is 1. The van der Waals surface area contributed by atoms with Crippen molar-refractivity contribution in [2.45, 2.75) is 45.1 Å². The summed E-state index contributed by atoms with van der Waals surface area (Å²) in [6.45, 7) is 8.19. The lowest BCUT2D eigenvalue weighted by Gasteiger charge is -2.21. The molecule has 0 aliphatic heterocycles. The Morgan fingerprint density at radius 1 is 0.939 bits per heavy atom. The van der Waals surface area contributed by atoms with E-state index in [1.165, 1.54) is 12.1 Å². The maximum atomic E-state index is 13.3. The van der Waals surface area contributed by atoms with Crippen molar-refractivity contribution in [3.63, 3.8) is 0 Å². The zero-order chi connectivity index (χ0) is 24.0. The van der Waals surface area contributed by atoms with Crippen LogP contribution in [0.1, 0.15) is 29.2 Å². The van der Waals surface area contributed by atoms with Gasteiger partial charge in [-0.05, 0) is 75.1 Å². The Hall–Kier alpha value is -3.16. The van der Waals surface area contributed by atoms with E-state index in [1.807, 2.05) is 70.2 Å². The molecule has 0 saturated heterocycles. The number of nitrogens with one attached hydrogen (secondary N) is 2. The monoisotopic (exact) mass is 466 g/mol. The molecule has 0 heterocycles. The topological polar surface area (TPSA) is 84.5 Å². The number of carbonyl (C=O) groups excluding carboxylic acids is 1.